The first-order valence-corrected chi connectivity index (χ1v) is 5.80. The molecule has 0 radical (unpaired) electrons. The van der Waals surface area contributed by atoms with Gasteiger partial charge in [0.2, 0.25) is 5.78 Å². The van der Waals surface area contributed by atoms with Gasteiger partial charge in [0.15, 0.2) is 5.76 Å². The Morgan fingerprint density at radius 2 is 2.07 bits per heavy atom. The summed E-state index contributed by atoms with van der Waals surface area (Å²) in [6.45, 7) is 4.20. The summed E-state index contributed by atoms with van der Waals surface area (Å²) in [5.74, 6) is 2.28. The molecule has 1 heterocycles. The summed E-state index contributed by atoms with van der Waals surface area (Å²) < 4.78 is 5.71. The maximum atomic E-state index is 12.1. The first-order valence-electron chi connectivity index (χ1n) is 5.80. The van der Waals surface area contributed by atoms with Crippen LogP contribution in [-0.4, -0.2) is 5.78 Å². The monoisotopic (exact) mass is 204 g/mol. The predicted octanol–water partition coefficient (Wildman–Crippen LogP) is 3.31. The number of Topliss-reactive ketones (excluding diaryl/α,β-unsaturated/α-hetero) is 1. The Bertz CT molecular complexity index is 422. The van der Waals surface area contributed by atoms with Crippen LogP contribution in [0.2, 0.25) is 0 Å². The fourth-order valence-electron chi connectivity index (χ4n) is 2.47. The third-order valence-corrected chi connectivity index (χ3v) is 3.81. The summed E-state index contributed by atoms with van der Waals surface area (Å²) in [6.07, 6.45) is 4.21. The van der Waals surface area contributed by atoms with Gasteiger partial charge in [0.1, 0.15) is 5.76 Å². The van der Waals surface area contributed by atoms with E-state index in [2.05, 4.69) is 19.9 Å². The molecular formula is C13H16O2. The summed E-state index contributed by atoms with van der Waals surface area (Å²) >= 11 is 0. The molecule has 2 aliphatic rings. The van der Waals surface area contributed by atoms with Gasteiger partial charge in [0.05, 0.1) is 0 Å². The van der Waals surface area contributed by atoms with Crippen molar-refractivity contribution in [2.45, 2.75) is 45.4 Å². The van der Waals surface area contributed by atoms with E-state index in [1.807, 2.05) is 0 Å². The number of carbonyl (C=O) groups is 1. The lowest BCUT2D eigenvalue weighted by molar-refractivity contribution is 0.0846. The first-order chi connectivity index (χ1) is 7.12. The van der Waals surface area contributed by atoms with E-state index in [4.69, 9.17) is 4.42 Å². The van der Waals surface area contributed by atoms with E-state index < -0.39 is 0 Å². The van der Waals surface area contributed by atoms with Crippen molar-refractivity contribution in [3.8, 4) is 0 Å². The molecule has 0 atom stereocenters. The van der Waals surface area contributed by atoms with Gasteiger partial charge in [0.25, 0.3) is 0 Å². The molecule has 0 saturated heterocycles. The van der Waals surface area contributed by atoms with Gasteiger partial charge in [-0.1, -0.05) is 13.8 Å². The molecule has 0 N–H and O–H groups in total. The summed E-state index contributed by atoms with van der Waals surface area (Å²) in [4.78, 5) is 12.1. The van der Waals surface area contributed by atoms with Gasteiger partial charge in [-0.15, -0.1) is 0 Å². The third-order valence-electron chi connectivity index (χ3n) is 3.81. The molecule has 80 valence electrons. The molecule has 0 amide bonds. The second-order valence-corrected chi connectivity index (χ2v) is 5.27. The van der Waals surface area contributed by atoms with Gasteiger partial charge in [0, 0.05) is 16.9 Å². The largest absolute Gasteiger partial charge is 0.457 e. The van der Waals surface area contributed by atoms with Crippen molar-refractivity contribution >= 4 is 5.78 Å². The van der Waals surface area contributed by atoms with Gasteiger partial charge in [-0.25, -0.2) is 0 Å². The van der Waals surface area contributed by atoms with E-state index in [9.17, 15) is 4.79 Å². The number of fused-ring (bicyclic) bond motifs is 1. The minimum atomic E-state index is -0.000890. The number of hydrogen-bond donors (Lipinski definition) is 0. The van der Waals surface area contributed by atoms with Gasteiger partial charge >= 0.3 is 0 Å². The Hall–Kier alpha value is -1.05. The zero-order valence-corrected chi connectivity index (χ0v) is 9.30. The Labute approximate surface area is 89.7 Å². The number of furan rings is 1. The molecule has 1 aromatic rings. The second-order valence-electron chi connectivity index (χ2n) is 5.27. The van der Waals surface area contributed by atoms with E-state index in [1.54, 1.807) is 0 Å². The normalized spacial score (nSPS) is 22.2. The highest BCUT2D eigenvalue weighted by atomic mass is 16.3. The Morgan fingerprint density at radius 3 is 2.67 bits per heavy atom. The van der Waals surface area contributed by atoms with Crippen LogP contribution in [0.25, 0.3) is 0 Å². The number of ketones is 1. The molecule has 3 rings (SSSR count). The summed E-state index contributed by atoms with van der Waals surface area (Å²) in [5.41, 5.74) is 1.14. The number of aryl methyl sites for hydroxylation is 1. The maximum Gasteiger partial charge on any atom is 0.204 e. The van der Waals surface area contributed by atoms with Crippen LogP contribution >= 0.6 is 0 Å². The van der Waals surface area contributed by atoms with Gasteiger partial charge in [-0.3, -0.25) is 4.79 Å². The van der Waals surface area contributed by atoms with Crippen molar-refractivity contribution in [1.29, 1.82) is 0 Å². The lowest BCUT2D eigenvalue weighted by atomic mass is 9.84. The second kappa shape index (κ2) is 2.75. The highest BCUT2D eigenvalue weighted by molar-refractivity contribution is 6.02. The molecule has 1 spiro atoms. The number of carbonyl (C=O) groups excluding carboxylic acids is 1. The fraction of sp³-hybridized carbons (Fsp3) is 0.615. The van der Waals surface area contributed by atoms with E-state index >= 15 is 0 Å². The van der Waals surface area contributed by atoms with Crippen LogP contribution in [0.4, 0.5) is 0 Å². The van der Waals surface area contributed by atoms with E-state index in [0.717, 1.165) is 37.0 Å². The lowest BCUT2D eigenvalue weighted by Crippen LogP contribution is -2.22. The Morgan fingerprint density at radius 1 is 1.33 bits per heavy atom. The average molecular weight is 204 g/mol. The van der Waals surface area contributed by atoms with Crippen molar-refractivity contribution in [1.82, 2.24) is 0 Å². The molecule has 0 aromatic carbocycles. The maximum absolute atomic E-state index is 12.1. The molecule has 0 bridgehead atoms. The van der Waals surface area contributed by atoms with Crippen LogP contribution in [0.1, 0.15) is 60.9 Å². The highest BCUT2D eigenvalue weighted by Crippen LogP contribution is 2.55. The van der Waals surface area contributed by atoms with Crippen LogP contribution in [0.5, 0.6) is 0 Å². The summed E-state index contributed by atoms with van der Waals surface area (Å²) in [6, 6.07) is 2.08. The molecular weight excluding hydrogens is 188 g/mol. The SMILES string of the molecule is CC(C)c1cc2c(o1)C(=O)C1(CC2)CC1. The Balaban J connectivity index is 2.04. The van der Waals surface area contributed by atoms with Crippen LogP contribution < -0.4 is 0 Å². The van der Waals surface area contributed by atoms with Crippen molar-refractivity contribution in [2.24, 2.45) is 5.41 Å². The minimum Gasteiger partial charge on any atom is -0.457 e. The summed E-state index contributed by atoms with van der Waals surface area (Å²) in [5, 5.41) is 0. The standard InChI is InChI=1S/C13H16O2/c1-8(2)10-7-9-3-4-13(5-6-13)12(14)11(9)15-10/h7-8H,3-6H2,1-2H3. The van der Waals surface area contributed by atoms with Gasteiger partial charge < -0.3 is 4.42 Å². The molecule has 0 aliphatic heterocycles. The number of hydrogen-bond acceptors (Lipinski definition) is 2. The van der Waals surface area contributed by atoms with Crippen LogP contribution in [0.3, 0.4) is 0 Å². The summed E-state index contributed by atoms with van der Waals surface area (Å²) in [7, 11) is 0. The third kappa shape index (κ3) is 1.20. The van der Waals surface area contributed by atoms with Crippen LogP contribution in [-0.2, 0) is 6.42 Å². The van der Waals surface area contributed by atoms with Gasteiger partial charge in [-0.05, 0) is 31.7 Å². The minimum absolute atomic E-state index is 0.000890. The quantitative estimate of drug-likeness (QED) is 0.702. The van der Waals surface area contributed by atoms with Crippen LogP contribution in [0, 0.1) is 5.41 Å². The smallest absolute Gasteiger partial charge is 0.204 e. The highest BCUT2D eigenvalue weighted by Gasteiger charge is 2.53. The topological polar surface area (TPSA) is 30.2 Å². The molecule has 1 fully saturated rings. The zero-order valence-electron chi connectivity index (χ0n) is 9.30. The average Bonchev–Trinajstić information content (AvgIpc) is 2.83. The number of rotatable bonds is 1. The van der Waals surface area contributed by atoms with E-state index in [0.29, 0.717) is 11.7 Å². The lowest BCUT2D eigenvalue weighted by Gasteiger charge is -2.17. The zero-order chi connectivity index (χ0) is 10.6. The molecule has 15 heavy (non-hydrogen) atoms. The molecule has 1 aromatic heterocycles. The Kier molecular flexibility index (Phi) is 1.68. The van der Waals surface area contributed by atoms with E-state index in [1.165, 1.54) is 0 Å². The predicted molar refractivity (Wildman–Crippen MR) is 57.1 cm³/mol. The van der Waals surface area contributed by atoms with Crippen molar-refractivity contribution in [3.05, 3.63) is 23.2 Å². The molecule has 2 aliphatic carbocycles. The van der Waals surface area contributed by atoms with E-state index in [-0.39, 0.29) is 11.2 Å². The molecule has 2 heteroatoms. The molecule has 1 saturated carbocycles. The van der Waals surface area contributed by atoms with Crippen LogP contribution in [0.15, 0.2) is 10.5 Å². The van der Waals surface area contributed by atoms with Crippen molar-refractivity contribution in [3.63, 3.8) is 0 Å². The molecule has 0 unspecified atom stereocenters. The van der Waals surface area contributed by atoms with Crippen molar-refractivity contribution in [2.75, 3.05) is 0 Å². The molecule has 2 nitrogen and oxygen atoms in total. The first kappa shape index (κ1) is 9.20. The van der Waals surface area contributed by atoms with Crippen molar-refractivity contribution < 1.29 is 9.21 Å². The van der Waals surface area contributed by atoms with Gasteiger partial charge in [-0.2, -0.15) is 0 Å². The fourth-order valence-corrected chi connectivity index (χ4v) is 2.47.